The Morgan fingerprint density at radius 2 is 1.96 bits per heavy atom. The second kappa shape index (κ2) is 6.61. The molecule has 1 aromatic carbocycles. The van der Waals surface area contributed by atoms with Crippen molar-refractivity contribution in [1.82, 2.24) is 20.2 Å². The van der Waals surface area contributed by atoms with Crippen molar-refractivity contribution in [2.24, 2.45) is 0 Å². The largest absolute Gasteiger partial charge is 0.296 e. The molecule has 0 atom stereocenters. The lowest BCUT2D eigenvalue weighted by atomic mass is 10.1. The smallest absolute Gasteiger partial charge is 0.259 e. The molecule has 0 radical (unpaired) electrons. The summed E-state index contributed by atoms with van der Waals surface area (Å²) in [4.78, 5) is 21.5. The van der Waals surface area contributed by atoms with Gasteiger partial charge in [0.1, 0.15) is 5.69 Å². The standard InChI is InChI=1S/C19H15N5OS/c1-11-6-7-15-13(9-11)10-14(12(2)21-15)17(25)22-19-24-23-18(26-19)16-5-3-4-8-20-16/h3-10H,1-2H3,(H,22,24,25). The van der Waals surface area contributed by atoms with Gasteiger partial charge < -0.3 is 0 Å². The molecule has 0 aliphatic rings. The van der Waals surface area contributed by atoms with Crippen LogP contribution in [0.15, 0.2) is 48.7 Å². The number of rotatable bonds is 3. The van der Waals surface area contributed by atoms with Crippen molar-refractivity contribution in [3.63, 3.8) is 0 Å². The summed E-state index contributed by atoms with van der Waals surface area (Å²) in [6, 6.07) is 13.4. The molecule has 0 fully saturated rings. The van der Waals surface area contributed by atoms with Crippen LogP contribution < -0.4 is 5.32 Å². The summed E-state index contributed by atoms with van der Waals surface area (Å²) in [5.74, 6) is -0.248. The van der Waals surface area contributed by atoms with Crippen molar-refractivity contribution in [1.29, 1.82) is 0 Å². The number of anilines is 1. The van der Waals surface area contributed by atoms with Gasteiger partial charge in [0.05, 0.1) is 16.8 Å². The number of aryl methyl sites for hydroxylation is 2. The van der Waals surface area contributed by atoms with Crippen LogP contribution in [0, 0.1) is 13.8 Å². The van der Waals surface area contributed by atoms with Gasteiger partial charge in [-0.3, -0.25) is 20.1 Å². The molecule has 128 valence electrons. The third-order valence-electron chi connectivity index (χ3n) is 3.93. The topological polar surface area (TPSA) is 80.7 Å². The van der Waals surface area contributed by atoms with Crippen molar-refractivity contribution >= 4 is 33.3 Å². The minimum Gasteiger partial charge on any atom is -0.296 e. The summed E-state index contributed by atoms with van der Waals surface area (Å²) in [7, 11) is 0. The fraction of sp³-hybridized carbons (Fsp3) is 0.105. The molecule has 3 heterocycles. The first kappa shape index (κ1) is 16.3. The van der Waals surface area contributed by atoms with Crippen molar-refractivity contribution in [3.8, 4) is 10.7 Å². The zero-order valence-electron chi connectivity index (χ0n) is 14.2. The normalized spacial score (nSPS) is 10.8. The maximum Gasteiger partial charge on any atom is 0.259 e. The predicted octanol–water partition coefficient (Wildman–Crippen LogP) is 4.02. The molecule has 0 aliphatic carbocycles. The summed E-state index contributed by atoms with van der Waals surface area (Å²) < 4.78 is 0. The Hall–Kier alpha value is -3.19. The zero-order chi connectivity index (χ0) is 18.1. The van der Waals surface area contributed by atoms with E-state index in [1.54, 1.807) is 6.20 Å². The third-order valence-corrected chi connectivity index (χ3v) is 4.80. The van der Waals surface area contributed by atoms with Crippen molar-refractivity contribution in [2.75, 3.05) is 5.32 Å². The van der Waals surface area contributed by atoms with Gasteiger partial charge in [-0.1, -0.05) is 29.0 Å². The Morgan fingerprint density at radius 3 is 2.77 bits per heavy atom. The molecule has 0 aliphatic heterocycles. The second-order valence-electron chi connectivity index (χ2n) is 5.90. The van der Waals surface area contributed by atoms with E-state index in [2.05, 4.69) is 25.5 Å². The Kier molecular flexibility index (Phi) is 4.14. The molecule has 6 nitrogen and oxygen atoms in total. The SMILES string of the molecule is Cc1ccc2nc(C)c(C(=O)Nc3nnc(-c4ccccn4)s3)cc2c1. The number of carbonyl (C=O) groups excluding carboxylic acids is 1. The van der Waals surface area contributed by atoms with Gasteiger partial charge in [0, 0.05) is 11.6 Å². The quantitative estimate of drug-likeness (QED) is 0.596. The van der Waals surface area contributed by atoms with E-state index in [4.69, 9.17) is 0 Å². The summed E-state index contributed by atoms with van der Waals surface area (Å²) in [5, 5.41) is 13.0. The Bertz CT molecular complexity index is 1110. The van der Waals surface area contributed by atoms with Crippen LogP contribution in [0.1, 0.15) is 21.6 Å². The lowest BCUT2D eigenvalue weighted by Crippen LogP contribution is -2.14. The molecule has 3 aromatic heterocycles. The summed E-state index contributed by atoms with van der Waals surface area (Å²) >= 11 is 1.28. The van der Waals surface area contributed by atoms with Crippen LogP contribution in [-0.4, -0.2) is 26.1 Å². The van der Waals surface area contributed by atoms with Gasteiger partial charge in [-0.15, -0.1) is 10.2 Å². The lowest BCUT2D eigenvalue weighted by molar-refractivity contribution is 0.102. The van der Waals surface area contributed by atoms with Crippen molar-refractivity contribution < 1.29 is 4.79 Å². The molecule has 0 unspecified atom stereocenters. The minimum absolute atomic E-state index is 0.248. The average molecular weight is 361 g/mol. The van der Waals surface area contributed by atoms with E-state index in [9.17, 15) is 4.79 Å². The first-order valence-electron chi connectivity index (χ1n) is 8.04. The fourth-order valence-electron chi connectivity index (χ4n) is 2.65. The molecule has 4 aromatic rings. The predicted molar refractivity (Wildman–Crippen MR) is 102 cm³/mol. The summed E-state index contributed by atoms with van der Waals surface area (Å²) in [6.07, 6.45) is 1.70. The van der Waals surface area contributed by atoms with E-state index in [0.29, 0.717) is 21.4 Å². The van der Waals surface area contributed by atoms with E-state index in [0.717, 1.165) is 22.2 Å². The number of amides is 1. The van der Waals surface area contributed by atoms with Crippen LogP contribution >= 0.6 is 11.3 Å². The molecule has 1 N–H and O–H groups in total. The second-order valence-corrected chi connectivity index (χ2v) is 6.88. The highest BCUT2D eigenvalue weighted by Gasteiger charge is 2.15. The highest BCUT2D eigenvalue weighted by Crippen LogP contribution is 2.25. The van der Waals surface area contributed by atoms with Crippen LogP contribution in [-0.2, 0) is 0 Å². The zero-order valence-corrected chi connectivity index (χ0v) is 15.0. The summed E-state index contributed by atoms with van der Waals surface area (Å²) in [6.45, 7) is 3.84. The number of pyridine rings is 2. The highest BCUT2D eigenvalue weighted by atomic mass is 32.1. The van der Waals surface area contributed by atoms with E-state index < -0.39 is 0 Å². The molecule has 4 rings (SSSR count). The molecule has 0 bridgehead atoms. The number of carbonyl (C=O) groups is 1. The van der Waals surface area contributed by atoms with Crippen LogP contribution in [0.2, 0.25) is 0 Å². The Morgan fingerprint density at radius 1 is 1.08 bits per heavy atom. The van der Waals surface area contributed by atoms with Crippen molar-refractivity contribution in [3.05, 3.63) is 65.5 Å². The molecule has 26 heavy (non-hydrogen) atoms. The molecular formula is C19H15N5OS. The van der Waals surface area contributed by atoms with E-state index in [1.807, 2.05) is 56.3 Å². The van der Waals surface area contributed by atoms with Gasteiger partial charge in [0.25, 0.3) is 5.91 Å². The van der Waals surface area contributed by atoms with Gasteiger partial charge in [-0.2, -0.15) is 0 Å². The van der Waals surface area contributed by atoms with E-state index in [1.165, 1.54) is 11.3 Å². The fourth-order valence-corrected chi connectivity index (χ4v) is 3.37. The van der Waals surface area contributed by atoms with Crippen LogP contribution in [0.3, 0.4) is 0 Å². The number of fused-ring (bicyclic) bond motifs is 1. The number of aromatic nitrogens is 4. The highest BCUT2D eigenvalue weighted by molar-refractivity contribution is 7.18. The number of benzene rings is 1. The van der Waals surface area contributed by atoms with Gasteiger partial charge in [0.15, 0.2) is 5.01 Å². The molecule has 1 amide bonds. The van der Waals surface area contributed by atoms with E-state index >= 15 is 0 Å². The number of hydrogen-bond acceptors (Lipinski definition) is 6. The first-order chi connectivity index (χ1) is 12.6. The van der Waals surface area contributed by atoms with Gasteiger partial charge in [-0.25, -0.2) is 0 Å². The summed E-state index contributed by atoms with van der Waals surface area (Å²) in [5.41, 5.74) is 3.92. The maximum absolute atomic E-state index is 12.7. The van der Waals surface area contributed by atoms with Gasteiger partial charge in [-0.05, 0) is 44.2 Å². The number of nitrogens with one attached hydrogen (secondary N) is 1. The Labute approximate surface area is 154 Å². The monoisotopic (exact) mass is 361 g/mol. The maximum atomic E-state index is 12.7. The minimum atomic E-state index is -0.248. The van der Waals surface area contributed by atoms with Crippen molar-refractivity contribution in [2.45, 2.75) is 13.8 Å². The average Bonchev–Trinajstić information content (AvgIpc) is 3.10. The van der Waals surface area contributed by atoms with Crippen LogP contribution in [0.5, 0.6) is 0 Å². The van der Waals surface area contributed by atoms with Crippen LogP contribution in [0.4, 0.5) is 5.13 Å². The number of nitrogens with zero attached hydrogens (tertiary/aromatic N) is 4. The molecule has 0 saturated carbocycles. The Balaban J connectivity index is 1.61. The van der Waals surface area contributed by atoms with Gasteiger partial charge >= 0.3 is 0 Å². The first-order valence-corrected chi connectivity index (χ1v) is 8.86. The third kappa shape index (κ3) is 3.16. The molecule has 0 saturated heterocycles. The van der Waals surface area contributed by atoms with E-state index in [-0.39, 0.29) is 5.91 Å². The molecular weight excluding hydrogens is 346 g/mol. The van der Waals surface area contributed by atoms with Crippen LogP contribution in [0.25, 0.3) is 21.6 Å². The van der Waals surface area contributed by atoms with Gasteiger partial charge in [0.2, 0.25) is 5.13 Å². The molecule has 7 heteroatoms. The number of hydrogen-bond donors (Lipinski definition) is 1. The lowest BCUT2D eigenvalue weighted by Gasteiger charge is -2.07. The molecule has 0 spiro atoms.